The summed E-state index contributed by atoms with van der Waals surface area (Å²) in [7, 11) is 0. The number of epoxide rings is 1. The lowest BCUT2D eigenvalue weighted by atomic mass is 10.0. The van der Waals surface area contributed by atoms with Crippen molar-refractivity contribution in [1.82, 2.24) is 5.32 Å². The van der Waals surface area contributed by atoms with Gasteiger partial charge in [-0.1, -0.05) is 44.2 Å². The van der Waals surface area contributed by atoms with Gasteiger partial charge in [-0.05, 0) is 17.9 Å². The molecule has 19 heavy (non-hydrogen) atoms. The first kappa shape index (κ1) is 13.9. The normalized spacial score (nSPS) is 19.0. The van der Waals surface area contributed by atoms with Crippen LogP contribution in [-0.2, 0) is 16.1 Å². The van der Waals surface area contributed by atoms with Crippen LogP contribution in [0.2, 0.25) is 0 Å². The number of carbonyl (C=O) groups excluding carboxylic acids is 1. The number of nitrogens with one attached hydrogen (secondary N) is 1. The van der Waals surface area contributed by atoms with Gasteiger partial charge in [0.25, 0.3) is 0 Å². The molecule has 1 fully saturated rings. The van der Waals surface area contributed by atoms with E-state index in [9.17, 15) is 4.79 Å². The van der Waals surface area contributed by atoms with Gasteiger partial charge in [0, 0.05) is 0 Å². The Morgan fingerprint density at radius 3 is 2.68 bits per heavy atom. The summed E-state index contributed by atoms with van der Waals surface area (Å²) < 4.78 is 10.5. The summed E-state index contributed by atoms with van der Waals surface area (Å²) in [6, 6.07) is 9.72. The highest BCUT2D eigenvalue weighted by Crippen LogP contribution is 2.20. The summed E-state index contributed by atoms with van der Waals surface area (Å²) >= 11 is 0. The molecule has 1 saturated heterocycles. The third-order valence-corrected chi connectivity index (χ3v) is 3.05. The molecule has 0 aliphatic carbocycles. The first-order chi connectivity index (χ1) is 9.15. The molecular weight excluding hydrogens is 242 g/mol. The Morgan fingerprint density at radius 1 is 1.42 bits per heavy atom. The van der Waals surface area contributed by atoms with Crippen LogP contribution in [0.25, 0.3) is 0 Å². The van der Waals surface area contributed by atoms with Crippen molar-refractivity contribution in [2.45, 2.75) is 39.0 Å². The maximum atomic E-state index is 11.8. The highest BCUT2D eigenvalue weighted by atomic mass is 16.6. The number of hydrogen-bond donors (Lipinski definition) is 1. The lowest BCUT2D eigenvalue weighted by Gasteiger charge is -2.18. The third-order valence-electron chi connectivity index (χ3n) is 3.05. The van der Waals surface area contributed by atoms with Crippen molar-refractivity contribution in [3.63, 3.8) is 0 Å². The summed E-state index contributed by atoms with van der Waals surface area (Å²) in [6.45, 7) is 5.29. The van der Waals surface area contributed by atoms with Gasteiger partial charge in [-0.25, -0.2) is 4.79 Å². The molecule has 1 N–H and O–H groups in total. The second-order valence-electron chi connectivity index (χ2n) is 5.31. The fourth-order valence-electron chi connectivity index (χ4n) is 2.02. The zero-order valence-corrected chi connectivity index (χ0v) is 11.5. The van der Waals surface area contributed by atoms with E-state index in [-0.39, 0.29) is 18.2 Å². The van der Waals surface area contributed by atoms with Crippen LogP contribution in [0.4, 0.5) is 4.79 Å². The molecule has 4 nitrogen and oxygen atoms in total. The molecule has 4 heteroatoms. The molecule has 1 unspecified atom stereocenters. The third kappa shape index (κ3) is 4.91. The topological polar surface area (TPSA) is 50.9 Å². The quantitative estimate of drug-likeness (QED) is 0.803. The number of amides is 1. The predicted molar refractivity (Wildman–Crippen MR) is 72.7 cm³/mol. The van der Waals surface area contributed by atoms with Crippen LogP contribution in [-0.4, -0.2) is 24.8 Å². The van der Waals surface area contributed by atoms with E-state index < -0.39 is 0 Å². The van der Waals surface area contributed by atoms with E-state index in [1.165, 1.54) is 0 Å². The smallest absolute Gasteiger partial charge is 0.407 e. The highest BCUT2D eigenvalue weighted by Gasteiger charge is 2.34. The van der Waals surface area contributed by atoms with Crippen molar-refractivity contribution >= 4 is 6.09 Å². The van der Waals surface area contributed by atoms with E-state index in [4.69, 9.17) is 9.47 Å². The molecule has 1 amide bonds. The maximum Gasteiger partial charge on any atom is 0.407 e. The zero-order valence-electron chi connectivity index (χ0n) is 11.5. The standard InChI is InChI=1S/C15H21NO3/c1-11(2)8-13(14-10-18-14)16-15(17)19-9-12-6-4-3-5-7-12/h3-7,11,13-14H,8-10H2,1-2H3,(H,16,17)/t13-,14?/m1/s1. The van der Waals surface area contributed by atoms with Gasteiger partial charge in [0.05, 0.1) is 12.6 Å². The van der Waals surface area contributed by atoms with Gasteiger partial charge >= 0.3 is 6.09 Å². The summed E-state index contributed by atoms with van der Waals surface area (Å²) in [5, 5.41) is 2.89. The van der Waals surface area contributed by atoms with Crippen molar-refractivity contribution in [1.29, 1.82) is 0 Å². The van der Waals surface area contributed by atoms with Crippen molar-refractivity contribution < 1.29 is 14.3 Å². The Balaban J connectivity index is 1.76. The molecule has 0 radical (unpaired) electrons. The predicted octanol–water partition coefficient (Wildman–Crippen LogP) is 2.73. The molecule has 1 aliphatic rings. The molecule has 0 bridgehead atoms. The highest BCUT2D eigenvalue weighted by molar-refractivity contribution is 5.67. The van der Waals surface area contributed by atoms with Crippen molar-refractivity contribution in [2.24, 2.45) is 5.92 Å². The number of hydrogen-bond acceptors (Lipinski definition) is 3. The van der Waals surface area contributed by atoms with Crippen molar-refractivity contribution in [3.05, 3.63) is 35.9 Å². The van der Waals surface area contributed by atoms with E-state index >= 15 is 0 Å². The number of benzene rings is 1. The fourth-order valence-corrected chi connectivity index (χ4v) is 2.02. The zero-order chi connectivity index (χ0) is 13.7. The fraction of sp³-hybridized carbons (Fsp3) is 0.533. The first-order valence-electron chi connectivity index (χ1n) is 6.74. The van der Waals surface area contributed by atoms with Gasteiger partial charge in [-0.3, -0.25) is 0 Å². The van der Waals surface area contributed by atoms with Crippen LogP contribution in [0.3, 0.4) is 0 Å². The van der Waals surface area contributed by atoms with Gasteiger partial charge in [0.2, 0.25) is 0 Å². The Morgan fingerprint density at radius 2 is 2.11 bits per heavy atom. The van der Waals surface area contributed by atoms with Crippen LogP contribution >= 0.6 is 0 Å². The lowest BCUT2D eigenvalue weighted by Crippen LogP contribution is -2.40. The van der Waals surface area contributed by atoms with Crippen molar-refractivity contribution in [2.75, 3.05) is 6.61 Å². The van der Waals surface area contributed by atoms with Crippen LogP contribution < -0.4 is 5.32 Å². The number of carbonyl (C=O) groups is 1. The van der Waals surface area contributed by atoms with Crippen LogP contribution in [0.5, 0.6) is 0 Å². The second kappa shape index (κ2) is 6.57. The van der Waals surface area contributed by atoms with Crippen LogP contribution in [0.15, 0.2) is 30.3 Å². The van der Waals surface area contributed by atoms with Gasteiger partial charge < -0.3 is 14.8 Å². The average molecular weight is 263 g/mol. The molecule has 0 spiro atoms. The summed E-state index contributed by atoms with van der Waals surface area (Å²) in [5.41, 5.74) is 0.987. The summed E-state index contributed by atoms with van der Waals surface area (Å²) in [4.78, 5) is 11.8. The SMILES string of the molecule is CC(C)C[C@@H](NC(=O)OCc1ccccc1)C1CO1. The molecule has 1 aliphatic heterocycles. The molecule has 104 valence electrons. The van der Waals surface area contributed by atoms with Gasteiger partial charge in [-0.2, -0.15) is 0 Å². The Bertz CT molecular complexity index is 401. The van der Waals surface area contributed by atoms with Gasteiger partial charge in [-0.15, -0.1) is 0 Å². The number of alkyl carbamates (subject to hydrolysis) is 1. The molecule has 2 rings (SSSR count). The minimum atomic E-state index is -0.370. The molecule has 1 aromatic carbocycles. The largest absolute Gasteiger partial charge is 0.445 e. The molecule has 0 aromatic heterocycles. The monoisotopic (exact) mass is 263 g/mol. The van der Waals surface area contributed by atoms with E-state index in [1.807, 2.05) is 30.3 Å². The Hall–Kier alpha value is -1.55. The molecule has 1 aromatic rings. The van der Waals surface area contributed by atoms with Gasteiger partial charge in [0.15, 0.2) is 0 Å². The number of rotatable bonds is 6. The van der Waals surface area contributed by atoms with E-state index in [0.717, 1.165) is 18.6 Å². The van der Waals surface area contributed by atoms with E-state index in [1.54, 1.807) is 0 Å². The van der Waals surface area contributed by atoms with Crippen LogP contribution in [0, 0.1) is 5.92 Å². The van der Waals surface area contributed by atoms with E-state index in [0.29, 0.717) is 12.5 Å². The average Bonchev–Trinajstić information content (AvgIpc) is 3.20. The second-order valence-corrected chi connectivity index (χ2v) is 5.31. The Kier molecular flexibility index (Phi) is 4.80. The lowest BCUT2D eigenvalue weighted by molar-refractivity contribution is 0.131. The maximum absolute atomic E-state index is 11.8. The van der Waals surface area contributed by atoms with Gasteiger partial charge in [0.1, 0.15) is 12.7 Å². The summed E-state index contributed by atoms with van der Waals surface area (Å²) in [5.74, 6) is 0.517. The van der Waals surface area contributed by atoms with E-state index in [2.05, 4.69) is 19.2 Å². The minimum absolute atomic E-state index is 0.0586. The molecule has 2 atom stereocenters. The van der Waals surface area contributed by atoms with Crippen molar-refractivity contribution in [3.8, 4) is 0 Å². The molecule has 1 heterocycles. The number of ether oxygens (including phenoxy) is 2. The molecular formula is C15H21NO3. The molecule has 0 saturated carbocycles. The van der Waals surface area contributed by atoms with Crippen LogP contribution in [0.1, 0.15) is 25.8 Å². The Labute approximate surface area is 114 Å². The minimum Gasteiger partial charge on any atom is -0.445 e. The summed E-state index contributed by atoms with van der Waals surface area (Å²) in [6.07, 6.45) is 0.696. The first-order valence-corrected chi connectivity index (χ1v) is 6.74.